The molecule has 0 aliphatic carbocycles. The maximum absolute atomic E-state index is 4.46. The number of hydrogen-bond acceptors (Lipinski definition) is 2. The van der Waals surface area contributed by atoms with E-state index >= 15 is 0 Å². The summed E-state index contributed by atoms with van der Waals surface area (Å²) in [4.78, 5) is 6.78. The molecule has 1 aliphatic heterocycles. The fraction of sp³-hybridized carbons (Fsp3) is 0.909. The first kappa shape index (κ1) is 11.6. The van der Waals surface area contributed by atoms with Crippen LogP contribution in [0.4, 0.5) is 0 Å². The summed E-state index contributed by atoms with van der Waals surface area (Å²) in [6.07, 6.45) is 5.41. The predicted octanol–water partition coefficient (Wildman–Crippen LogP) is 1.72. The molecule has 3 heteroatoms. The van der Waals surface area contributed by atoms with E-state index in [1.165, 1.54) is 31.5 Å². The Morgan fingerprint density at radius 1 is 1.57 bits per heavy atom. The Morgan fingerprint density at radius 2 is 2.29 bits per heavy atom. The molecule has 2 unspecified atom stereocenters. The lowest BCUT2D eigenvalue weighted by Gasteiger charge is -2.21. The molecule has 0 saturated heterocycles. The maximum atomic E-state index is 4.46. The number of amidine groups is 1. The summed E-state index contributed by atoms with van der Waals surface area (Å²) in [6, 6.07) is 0.683. The summed E-state index contributed by atoms with van der Waals surface area (Å²) in [5.41, 5.74) is 0. The SMILES string of the molecule is BC(C)CCCCC1CN=C(C)N1C. The maximum Gasteiger partial charge on any atom is 0.105 e. The summed E-state index contributed by atoms with van der Waals surface area (Å²) in [6.45, 7) is 5.42. The number of aliphatic imine (C=N–C) groups is 1. The Hall–Kier alpha value is -0.465. The first-order valence-electron chi connectivity index (χ1n) is 5.85. The van der Waals surface area contributed by atoms with Crippen molar-refractivity contribution in [1.82, 2.24) is 4.90 Å². The zero-order valence-corrected chi connectivity index (χ0v) is 10.1. The number of unbranched alkanes of at least 4 members (excludes halogenated alkanes) is 1. The minimum absolute atomic E-state index is 0.683. The van der Waals surface area contributed by atoms with Crippen LogP contribution in [0.1, 0.15) is 39.5 Å². The molecule has 0 aromatic heterocycles. The van der Waals surface area contributed by atoms with E-state index in [-0.39, 0.29) is 0 Å². The van der Waals surface area contributed by atoms with Gasteiger partial charge in [0.25, 0.3) is 0 Å². The summed E-state index contributed by atoms with van der Waals surface area (Å²) >= 11 is 0. The van der Waals surface area contributed by atoms with Crippen LogP contribution < -0.4 is 0 Å². The van der Waals surface area contributed by atoms with Gasteiger partial charge in [-0.3, -0.25) is 4.99 Å². The van der Waals surface area contributed by atoms with Crippen LogP contribution in [0.5, 0.6) is 0 Å². The van der Waals surface area contributed by atoms with E-state index in [0.29, 0.717) is 6.04 Å². The van der Waals surface area contributed by atoms with Gasteiger partial charge in [0.15, 0.2) is 0 Å². The van der Waals surface area contributed by atoms with E-state index in [0.717, 1.165) is 12.4 Å². The van der Waals surface area contributed by atoms with Crippen LogP contribution in [0.2, 0.25) is 5.82 Å². The highest BCUT2D eigenvalue weighted by Gasteiger charge is 2.20. The third kappa shape index (κ3) is 3.35. The van der Waals surface area contributed by atoms with E-state index in [4.69, 9.17) is 0 Å². The second kappa shape index (κ2) is 5.42. The highest BCUT2D eigenvalue weighted by atomic mass is 15.2. The molecule has 0 N–H and O–H groups in total. The van der Waals surface area contributed by atoms with Crippen molar-refractivity contribution in [3.63, 3.8) is 0 Å². The molecule has 2 nitrogen and oxygen atoms in total. The molecule has 0 fully saturated rings. The molecule has 14 heavy (non-hydrogen) atoms. The Labute approximate surface area is 89.2 Å². The van der Waals surface area contributed by atoms with Gasteiger partial charge < -0.3 is 4.90 Å². The Balaban J connectivity index is 2.09. The van der Waals surface area contributed by atoms with E-state index in [1.54, 1.807) is 0 Å². The lowest BCUT2D eigenvalue weighted by Crippen LogP contribution is -2.31. The van der Waals surface area contributed by atoms with Gasteiger partial charge in [-0.1, -0.05) is 32.0 Å². The highest BCUT2D eigenvalue weighted by Crippen LogP contribution is 2.17. The van der Waals surface area contributed by atoms with E-state index in [9.17, 15) is 0 Å². The molecule has 0 radical (unpaired) electrons. The lowest BCUT2D eigenvalue weighted by molar-refractivity contribution is 0.367. The van der Waals surface area contributed by atoms with Gasteiger partial charge in [-0.05, 0) is 13.3 Å². The van der Waals surface area contributed by atoms with Crippen molar-refractivity contribution >= 4 is 13.7 Å². The van der Waals surface area contributed by atoms with Crippen molar-refractivity contribution in [2.24, 2.45) is 4.99 Å². The van der Waals surface area contributed by atoms with Gasteiger partial charge >= 0.3 is 0 Å². The van der Waals surface area contributed by atoms with Crippen LogP contribution >= 0.6 is 0 Å². The van der Waals surface area contributed by atoms with Crippen molar-refractivity contribution < 1.29 is 0 Å². The minimum Gasteiger partial charge on any atom is -0.359 e. The zero-order chi connectivity index (χ0) is 10.6. The molecular formula is C11H23BN2. The van der Waals surface area contributed by atoms with Crippen LogP contribution in [0, 0.1) is 0 Å². The van der Waals surface area contributed by atoms with E-state index in [1.807, 2.05) is 0 Å². The van der Waals surface area contributed by atoms with Gasteiger partial charge in [0.2, 0.25) is 0 Å². The zero-order valence-electron chi connectivity index (χ0n) is 10.1. The van der Waals surface area contributed by atoms with Crippen molar-refractivity contribution in [1.29, 1.82) is 0 Å². The molecule has 0 aromatic rings. The van der Waals surface area contributed by atoms with Crippen molar-refractivity contribution in [2.45, 2.75) is 51.4 Å². The second-order valence-corrected chi connectivity index (χ2v) is 4.83. The number of hydrogen-bond donors (Lipinski definition) is 0. The van der Waals surface area contributed by atoms with Gasteiger partial charge in [-0.25, -0.2) is 0 Å². The summed E-state index contributed by atoms with van der Waals surface area (Å²) < 4.78 is 0. The fourth-order valence-electron chi connectivity index (χ4n) is 1.95. The fourth-order valence-corrected chi connectivity index (χ4v) is 1.95. The van der Waals surface area contributed by atoms with Crippen LogP contribution in [-0.4, -0.2) is 38.2 Å². The molecule has 1 aliphatic rings. The molecule has 80 valence electrons. The van der Waals surface area contributed by atoms with Crippen LogP contribution in [0.3, 0.4) is 0 Å². The van der Waals surface area contributed by atoms with Crippen LogP contribution in [-0.2, 0) is 0 Å². The molecule has 0 saturated carbocycles. The predicted molar refractivity (Wildman–Crippen MR) is 66.0 cm³/mol. The minimum atomic E-state index is 0.683. The first-order valence-corrected chi connectivity index (χ1v) is 5.85. The molecule has 0 aromatic carbocycles. The second-order valence-electron chi connectivity index (χ2n) is 4.83. The molecular weight excluding hydrogens is 171 g/mol. The summed E-state index contributed by atoms with van der Waals surface area (Å²) in [5, 5.41) is 0. The first-order chi connectivity index (χ1) is 6.61. The average Bonchev–Trinajstić information content (AvgIpc) is 2.43. The van der Waals surface area contributed by atoms with Crippen LogP contribution in [0.25, 0.3) is 0 Å². The molecule has 0 bridgehead atoms. The third-order valence-electron chi connectivity index (χ3n) is 3.16. The Kier molecular flexibility index (Phi) is 4.50. The molecule has 0 spiro atoms. The smallest absolute Gasteiger partial charge is 0.105 e. The van der Waals surface area contributed by atoms with Crippen molar-refractivity contribution in [3.05, 3.63) is 0 Å². The molecule has 2 atom stereocenters. The third-order valence-corrected chi connectivity index (χ3v) is 3.16. The topological polar surface area (TPSA) is 15.6 Å². The standard InChI is InChI=1S/C11H23BN2/c1-9(12)6-4-5-7-11-8-13-10(2)14(11)3/h9,11H,4-8,12H2,1-3H3. The van der Waals surface area contributed by atoms with E-state index in [2.05, 4.69) is 38.6 Å². The number of nitrogens with zero attached hydrogens (tertiary/aromatic N) is 2. The van der Waals surface area contributed by atoms with Crippen molar-refractivity contribution in [2.75, 3.05) is 13.6 Å². The summed E-state index contributed by atoms with van der Waals surface area (Å²) in [7, 11) is 4.47. The number of likely N-dealkylation sites (N-methyl/N-ethyl adjacent to an activating group) is 1. The van der Waals surface area contributed by atoms with Crippen LogP contribution in [0.15, 0.2) is 4.99 Å². The monoisotopic (exact) mass is 194 g/mol. The van der Waals surface area contributed by atoms with Gasteiger partial charge in [0.05, 0.1) is 12.4 Å². The van der Waals surface area contributed by atoms with Gasteiger partial charge in [-0.15, -0.1) is 0 Å². The quantitative estimate of drug-likeness (QED) is 0.480. The average molecular weight is 194 g/mol. The molecule has 1 heterocycles. The lowest BCUT2D eigenvalue weighted by atomic mass is 9.85. The van der Waals surface area contributed by atoms with Gasteiger partial charge in [0, 0.05) is 13.1 Å². The van der Waals surface area contributed by atoms with Gasteiger partial charge in [-0.2, -0.15) is 0 Å². The highest BCUT2D eigenvalue weighted by molar-refractivity contribution is 6.11. The van der Waals surface area contributed by atoms with Crippen molar-refractivity contribution in [3.8, 4) is 0 Å². The van der Waals surface area contributed by atoms with Gasteiger partial charge in [0.1, 0.15) is 7.85 Å². The molecule has 0 amide bonds. The Bertz CT molecular complexity index is 201. The van der Waals surface area contributed by atoms with E-state index < -0.39 is 0 Å². The molecule has 1 rings (SSSR count). The summed E-state index contributed by atoms with van der Waals surface area (Å²) in [5.74, 6) is 2.06. The Morgan fingerprint density at radius 3 is 2.79 bits per heavy atom. The largest absolute Gasteiger partial charge is 0.359 e. The number of rotatable bonds is 5. The normalized spacial score (nSPS) is 23.8.